The molecule has 1 aliphatic rings. The van der Waals surface area contributed by atoms with Crippen LogP contribution in [-0.4, -0.2) is 26.3 Å². The summed E-state index contributed by atoms with van der Waals surface area (Å²) < 4.78 is 3.86. The van der Waals surface area contributed by atoms with E-state index in [0.29, 0.717) is 24.3 Å². The number of nitrogens with zero attached hydrogens (tertiary/aromatic N) is 3. The Labute approximate surface area is 168 Å². The lowest BCUT2D eigenvalue weighted by molar-refractivity contribution is -0.124. The molecule has 0 aliphatic heterocycles. The minimum Gasteiger partial charge on any atom is -0.349 e. The van der Waals surface area contributed by atoms with Crippen molar-refractivity contribution in [2.75, 3.05) is 5.32 Å². The Morgan fingerprint density at radius 3 is 2.71 bits per heavy atom. The Bertz CT molecular complexity index is 804. The molecule has 4 unspecified atom stereocenters. The molecule has 1 amide bonds. The summed E-state index contributed by atoms with van der Waals surface area (Å²) in [7, 11) is 1.99. The maximum Gasteiger partial charge on any atom is 0.228 e. The van der Waals surface area contributed by atoms with Crippen LogP contribution < -0.4 is 11.1 Å². The van der Waals surface area contributed by atoms with Crippen LogP contribution >= 0.6 is 0 Å². The van der Waals surface area contributed by atoms with Gasteiger partial charge in [0.1, 0.15) is 11.5 Å². The normalized spacial score (nSPS) is 23.8. The molecule has 3 N–H and O–H groups in total. The minimum atomic E-state index is -0.0464. The van der Waals surface area contributed by atoms with Crippen LogP contribution in [0.25, 0.3) is 11.4 Å². The second-order valence-corrected chi connectivity index (χ2v) is 9.00. The molecule has 28 heavy (non-hydrogen) atoms. The average Bonchev–Trinajstić information content (AvgIpc) is 3.20. The Morgan fingerprint density at radius 2 is 2.11 bits per heavy atom. The van der Waals surface area contributed by atoms with Gasteiger partial charge >= 0.3 is 0 Å². The first-order chi connectivity index (χ1) is 13.3. The Hall–Kier alpha value is -2.08. The van der Waals surface area contributed by atoms with Gasteiger partial charge in [0, 0.05) is 31.3 Å². The fraction of sp³-hybridized carbons (Fsp3) is 0.636. The third kappa shape index (κ3) is 4.49. The molecule has 2 heterocycles. The highest BCUT2D eigenvalue weighted by Gasteiger charge is 2.35. The van der Waals surface area contributed by atoms with E-state index in [1.807, 2.05) is 47.6 Å². The highest BCUT2D eigenvalue weighted by Crippen LogP contribution is 2.38. The molecule has 1 saturated carbocycles. The monoisotopic (exact) mass is 385 g/mol. The van der Waals surface area contributed by atoms with Crippen molar-refractivity contribution in [1.29, 1.82) is 0 Å². The van der Waals surface area contributed by atoms with E-state index in [2.05, 4.69) is 26.1 Å². The van der Waals surface area contributed by atoms with E-state index in [9.17, 15) is 4.79 Å². The largest absolute Gasteiger partial charge is 0.349 e. The molecule has 0 saturated heterocycles. The number of nitrogens with one attached hydrogen (secondary N) is 1. The first kappa shape index (κ1) is 20.6. The highest BCUT2D eigenvalue weighted by molar-refractivity contribution is 5.92. The van der Waals surface area contributed by atoms with Gasteiger partial charge < -0.3 is 15.6 Å². The molecule has 1 aliphatic carbocycles. The lowest BCUT2D eigenvalue weighted by Crippen LogP contribution is -2.37. The number of anilines is 1. The van der Waals surface area contributed by atoms with Crippen LogP contribution in [0.1, 0.15) is 47.0 Å². The molecule has 6 heteroatoms. The molecule has 154 valence electrons. The van der Waals surface area contributed by atoms with Crippen LogP contribution in [0.15, 0.2) is 24.4 Å². The zero-order valence-corrected chi connectivity index (χ0v) is 17.9. The number of hydrogen-bond acceptors (Lipinski definition) is 3. The predicted molar refractivity (Wildman–Crippen MR) is 114 cm³/mol. The molecule has 0 aromatic carbocycles. The zero-order chi connectivity index (χ0) is 20.4. The Kier molecular flexibility index (Phi) is 6.28. The average molecular weight is 386 g/mol. The van der Waals surface area contributed by atoms with E-state index in [-0.39, 0.29) is 17.9 Å². The summed E-state index contributed by atoms with van der Waals surface area (Å²) in [5.41, 5.74) is 7.89. The predicted octanol–water partition coefficient (Wildman–Crippen LogP) is 3.88. The number of amides is 1. The van der Waals surface area contributed by atoms with Crippen molar-refractivity contribution >= 4 is 11.7 Å². The quantitative estimate of drug-likeness (QED) is 0.792. The van der Waals surface area contributed by atoms with Gasteiger partial charge in [0.25, 0.3) is 0 Å². The second-order valence-electron chi connectivity index (χ2n) is 9.00. The van der Waals surface area contributed by atoms with E-state index in [4.69, 9.17) is 10.8 Å². The minimum absolute atomic E-state index is 0.0464. The van der Waals surface area contributed by atoms with Crippen molar-refractivity contribution in [3.63, 3.8) is 0 Å². The third-order valence-electron chi connectivity index (χ3n) is 6.06. The van der Waals surface area contributed by atoms with Gasteiger partial charge in [0.05, 0.1) is 12.2 Å². The van der Waals surface area contributed by atoms with E-state index < -0.39 is 0 Å². The fourth-order valence-electron chi connectivity index (χ4n) is 4.50. The van der Waals surface area contributed by atoms with E-state index in [1.54, 1.807) is 0 Å². The maximum absolute atomic E-state index is 13.2. The second kappa shape index (κ2) is 8.52. The molecule has 6 nitrogen and oxygen atoms in total. The van der Waals surface area contributed by atoms with Crippen molar-refractivity contribution in [2.24, 2.45) is 36.5 Å². The number of carbonyl (C=O) groups excluding carboxylic acids is 1. The topological polar surface area (TPSA) is 77.9 Å². The van der Waals surface area contributed by atoms with Crippen LogP contribution in [0.2, 0.25) is 0 Å². The van der Waals surface area contributed by atoms with Gasteiger partial charge in [-0.05, 0) is 49.7 Å². The Balaban J connectivity index is 1.86. The zero-order valence-electron chi connectivity index (χ0n) is 17.9. The highest BCUT2D eigenvalue weighted by atomic mass is 16.2. The van der Waals surface area contributed by atoms with Gasteiger partial charge in [0.2, 0.25) is 5.91 Å². The van der Waals surface area contributed by atoms with Crippen LogP contribution in [0.3, 0.4) is 0 Å². The molecule has 0 radical (unpaired) electrons. The number of carbonyl (C=O) groups is 1. The standard InChI is InChI=1S/C22H35N5O/c1-14(2)17-9-8-15(3)11-18(17)22(28)24-21-12-19(20-7-6-10-26(20)5)25-27(21)13-16(4)23/h6-7,10,12,14-18H,8-9,11,13,23H2,1-5H3,(H,24,28). The summed E-state index contributed by atoms with van der Waals surface area (Å²) in [6.07, 6.45) is 5.30. The number of nitrogens with two attached hydrogens (primary N) is 1. The van der Waals surface area contributed by atoms with Gasteiger partial charge in [-0.3, -0.25) is 4.79 Å². The van der Waals surface area contributed by atoms with E-state index in [1.165, 1.54) is 6.42 Å². The van der Waals surface area contributed by atoms with Crippen molar-refractivity contribution in [3.05, 3.63) is 24.4 Å². The van der Waals surface area contributed by atoms with Gasteiger partial charge in [-0.15, -0.1) is 0 Å². The summed E-state index contributed by atoms with van der Waals surface area (Å²) >= 11 is 0. The van der Waals surface area contributed by atoms with Crippen LogP contribution in [0.4, 0.5) is 5.82 Å². The molecule has 0 spiro atoms. The first-order valence-corrected chi connectivity index (χ1v) is 10.5. The van der Waals surface area contributed by atoms with Crippen LogP contribution in [0, 0.1) is 23.7 Å². The number of rotatable bonds is 6. The first-order valence-electron chi connectivity index (χ1n) is 10.5. The van der Waals surface area contributed by atoms with Gasteiger partial charge in [0.15, 0.2) is 0 Å². The lowest BCUT2D eigenvalue weighted by atomic mass is 9.70. The third-order valence-corrected chi connectivity index (χ3v) is 6.06. The molecular formula is C22H35N5O. The molecular weight excluding hydrogens is 350 g/mol. The Morgan fingerprint density at radius 1 is 1.36 bits per heavy atom. The molecule has 2 aromatic rings. The summed E-state index contributed by atoms with van der Waals surface area (Å²) in [6, 6.07) is 5.94. The molecule has 4 atom stereocenters. The van der Waals surface area contributed by atoms with Crippen molar-refractivity contribution < 1.29 is 4.79 Å². The van der Waals surface area contributed by atoms with Crippen molar-refractivity contribution in [3.8, 4) is 11.4 Å². The molecule has 2 aromatic heterocycles. The van der Waals surface area contributed by atoms with E-state index in [0.717, 1.165) is 30.0 Å². The van der Waals surface area contributed by atoms with Gasteiger partial charge in [-0.25, -0.2) is 4.68 Å². The summed E-state index contributed by atoms with van der Waals surface area (Å²) in [5, 5.41) is 7.91. The fourth-order valence-corrected chi connectivity index (χ4v) is 4.50. The summed E-state index contributed by atoms with van der Waals surface area (Å²) in [6.45, 7) is 9.23. The van der Waals surface area contributed by atoms with Crippen molar-refractivity contribution in [2.45, 2.75) is 59.5 Å². The molecule has 1 fully saturated rings. The smallest absolute Gasteiger partial charge is 0.228 e. The lowest BCUT2D eigenvalue weighted by Gasteiger charge is -2.36. The SMILES string of the molecule is CC(N)Cn1nc(-c2cccn2C)cc1NC(=O)C1CC(C)CCC1C(C)C. The maximum atomic E-state index is 13.2. The van der Waals surface area contributed by atoms with Gasteiger partial charge in [-0.2, -0.15) is 5.10 Å². The molecule has 0 bridgehead atoms. The van der Waals surface area contributed by atoms with Crippen LogP contribution in [-0.2, 0) is 18.4 Å². The molecule has 3 rings (SSSR count). The number of aryl methyl sites for hydroxylation is 1. The van der Waals surface area contributed by atoms with E-state index >= 15 is 0 Å². The number of aromatic nitrogens is 3. The summed E-state index contributed by atoms with van der Waals surface area (Å²) in [4.78, 5) is 13.2. The van der Waals surface area contributed by atoms with Crippen molar-refractivity contribution in [1.82, 2.24) is 14.3 Å². The van der Waals surface area contributed by atoms with Crippen LogP contribution in [0.5, 0.6) is 0 Å². The summed E-state index contributed by atoms with van der Waals surface area (Å²) in [5.74, 6) is 2.46. The van der Waals surface area contributed by atoms with Gasteiger partial charge in [-0.1, -0.05) is 27.2 Å². The number of hydrogen-bond donors (Lipinski definition) is 2.